The highest BCUT2D eigenvalue weighted by Crippen LogP contribution is 2.16. The monoisotopic (exact) mass is 316 g/mol. The molecule has 2 amide bonds. The van der Waals surface area contributed by atoms with Gasteiger partial charge < -0.3 is 14.6 Å². The van der Waals surface area contributed by atoms with Gasteiger partial charge in [0.1, 0.15) is 6.26 Å². The number of carbonyl (C=O) groups excluding carboxylic acids is 2. The lowest BCUT2D eigenvalue weighted by molar-refractivity contribution is 0.0489. The molecule has 1 saturated heterocycles. The van der Waals surface area contributed by atoms with Gasteiger partial charge in [-0.1, -0.05) is 0 Å². The van der Waals surface area contributed by atoms with Crippen molar-refractivity contribution in [2.75, 3.05) is 19.6 Å². The van der Waals surface area contributed by atoms with Crippen LogP contribution in [0.1, 0.15) is 26.5 Å². The van der Waals surface area contributed by atoms with Crippen LogP contribution in [0.5, 0.6) is 0 Å². The number of amides is 2. The van der Waals surface area contributed by atoms with Crippen LogP contribution >= 0.6 is 0 Å². The average Bonchev–Trinajstić information content (AvgIpc) is 2.99. The Hall–Kier alpha value is -2.90. The standard InChI is InChI=1S/C15H16N4O4/c1-9-4-12(20)13(18-17-9)15(22)19-6-10(7-19)5-16-14(21)11-2-3-23-8-11/h2-4,8,10H,5-7H2,1H3,(H,16,21)(H,17,20). The van der Waals surface area contributed by atoms with Crippen LogP contribution in [0, 0.1) is 12.8 Å². The van der Waals surface area contributed by atoms with Crippen LogP contribution in [0.3, 0.4) is 0 Å². The lowest BCUT2D eigenvalue weighted by Gasteiger charge is -2.38. The summed E-state index contributed by atoms with van der Waals surface area (Å²) in [5.41, 5.74) is 0.585. The zero-order valence-electron chi connectivity index (χ0n) is 12.5. The van der Waals surface area contributed by atoms with E-state index in [1.807, 2.05) is 0 Å². The maximum atomic E-state index is 12.2. The molecule has 0 aliphatic carbocycles. The molecule has 3 rings (SSSR count). The average molecular weight is 316 g/mol. The van der Waals surface area contributed by atoms with Gasteiger partial charge in [-0.25, -0.2) is 0 Å². The number of nitrogens with zero attached hydrogens (tertiary/aromatic N) is 2. The Kier molecular flexibility index (Phi) is 3.96. The van der Waals surface area contributed by atoms with Gasteiger partial charge in [0.15, 0.2) is 5.69 Å². The maximum Gasteiger partial charge on any atom is 0.278 e. The number of hydrogen-bond acceptors (Lipinski definition) is 5. The number of H-pyrrole nitrogens is 1. The van der Waals surface area contributed by atoms with Gasteiger partial charge in [0, 0.05) is 37.3 Å². The summed E-state index contributed by atoms with van der Waals surface area (Å²) in [5, 5.41) is 9.22. The highest BCUT2D eigenvalue weighted by molar-refractivity contribution is 5.94. The van der Waals surface area contributed by atoms with Crippen molar-refractivity contribution in [1.29, 1.82) is 0 Å². The van der Waals surface area contributed by atoms with Gasteiger partial charge >= 0.3 is 0 Å². The molecule has 2 aromatic rings. The normalized spacial score (nSPS) is 14.4. The van der Waals surface area contributed by atoms with E-state index >= 15 is 0 Å². The minimum absolute atomic E-state index is 0.100. The second kappa shape index (κ2) is 6.07. The van der Waals surface area contributed by atoms with Gasteiger partial charge in [0.05, 0.1) is 11.8 Å². The van der Waals surface area contributed by atoms with Crippen molar-refractivity contribution < 1.29 is 14.0 Å². The molecule has 1 aliphatic heterocycles. The molecule has 8 heteroatoms. The van der Waals surface area contributed by atoms with Crippen LogP contribution in [0.4, 0.5) is 0 Å². The van der Waals surface area contributed by atoms with Crippen molar-refractivity contribution in [3.63, 3.8) is 0 Å². The molecule has 0 spiro atoms. The number of likely N-dealkylation sites (tertiary alicyclic amines) is 1. The first-order chi connectivity index (χ1) is 11.0. The van der Waals surface area contributed by atoms with Crippen molar-refractivity contribution in [2.45, 2.75) is 6.92 Å². The molecule has 1 fully saturated rings. The Labute approximate surface area is 131 Å². The van der Waals surface area contributed by atoms with Gasteiger partial charge in [-0.05, 0) is 13.0 Å². The van der Waals surface area contributed by atoms with Crippen LogP contribution in [-0.2, 0) is 0 Å². The molecule has 120 valence electrons. The number of rotatable bonds is 4. The number of nitrogens with one attached hydrogen (secondary N) is 2. The van der Waals surface area contributed by atoms with E-state index in [4.69, 9.17) is 4.42 Å². The quantitative estimate of drug-likeness (QED) is 0.836. The number of aromatic nitrogens is 2. The molecule has 8 nitrogen and oxygen atoms in total. The summed E-state index contributed by atoms with van der Waals surface area (Å²) in [7, 11) is 0. The number of hydrogen-bond donors (Lipinski definition) is 2. The van der Waals surface area contributed by atoms with E-state index in [0.29, 0.717) is 30.9 Å². The van der Waals surface area contributed by atoms with Gasteiger partial charge in [0.25, 0.3) is 11.8 Å². The maximum absolute atomic E-state index is 12.2. The molecule has 3 heterocycles. The fourth-order valence-corrected chi connectivity index (χ4v) is 2.40. The summed E-state index contributed by atoms with van der Waals surface area (Å²) in [6.07, 6.45) is 2.81. The van der Waals surface area contributed by atoms with Crippen molar-refractivity contribution >= 4 is 11.8 Å². The fraction of sp³-hybridized carbons (Fsp3) is 0.333. The fourth-order valence-electron chi connectivity index (χ4n) is 2.40. The molecule has 0 aromatic carbocycles. The molecule has 0 unspecified atom stereocenters. The minimum Gasteiger partial charge on any atom is -0.472 e. The van der Waals surface area contributed by atoms with Crippen LogP contribution in [-0.4, -0.2) is 46.5 Å². The van der Waals surface area contributed by atoms with E-state index in [9.17, 15) is 14.4 Å². The highest BCUT2D eigenvalue weighted by Gasteiger charge is 2.33. The lowest BCUT2D eigenvalue weighted by atomic mass is 9.99. The van der Waals surface area contributed by atoms with E-state index < -0.39 is 0 Å². The molecule has 0 radical (unpaired) electrons. The van der Waals surface area contributed by atoms with Crippen molar-refractivity contribution in [1.82, 2.24) is 20.4 Å². The zero-order valence-corrected chi connectivity index (χ0v) is 12.5. The second-order valence-electron chi connectivity index (χ2n) is 5.56. The van der Waals surface area contributed by atoms with Crippen LogP contribution in [0.2, 0.25) is 0 Å². The van der Waals surface area contributed by atoms with E-state index in [1.54, 1.807) is 17.9 Å². The first-order valence-electron chi connectivity index (χ1n) is 7.20. The first-order valence-corrected chi connectivity index (χ1v) is 7.20. The minimum atomic E-state index is -0.386. The summed E-state index contributed by atoms with van der Waals surface area (Å²) >= 11 is 0. The number of carbonyl (C=O) groups is 2. The third-order valence-electron chi connectivity index (χ3n) is 3.71. The Morgan fingerprint density at radius 1 is 1.48 bits per heavy atom. The topological polar surface area (TPSA) is 108 Å². The molecular weight excluding hydrogens is 300 g/mol. The van der Waals surface area contributed by atoms with Crippen LogP contribution < -0.4 is 10.7 Å². The highest BCUT2D eigenvalue weighted by atomic mass is 16.3. The summed E-state index contributed by atoms with van der Waals surface area (Å²) in [5.74, 6) is -0.428. The van der Waals surface area contributed by atoms with Crippen LogP contribution in [0.25, 0.3) is 0 Å². The van der Waals surface area contributed by atoms with Crippen molar-refractivity contribution in [3.05, 3.63) is 51.8 Å². The number of aryl methyl sites for hydroxylation is 1. The molecule has 0 bridgehead atoms. The summed E-state index contributed by atoms with van der Waals surface area (Å²) in [6.45, 7) is 3.13. The molecule has 1 aliphatic rings. The Balaban J connectivity index is 1.50. The molecular formula is C15H16N4O4. The molecule has 23 heavy (non-hydrogen) atoms. The van der Waals surface area contributed by atoms with Gasteiger partial charge in [-0.2, -0.15) is 5.10 Å². The third kappa shape index (κ3) is 3.15. The molecule has 0 atom stereocenters. The Bertz CT molecular complexity index is 775. The predicted octanol–water partition coefficient (Wildman–Crippen LogP) is 0.173. The zero-order chi connectivity index (χ0) is 16.4. The number of furan rings is 1. The Morgan fingerprint density at radius 3 is 2.91 bits per heavy atom. The van der Waals surface area contributed by atoms with E-state index in [2.05, 4.69) is 15.5 Å². The SMILES string of the molecule is Cc1cc(=O)c(C(=O)N2CC(CNC(=O)c3ccoc3)C2)n[nH]1. The predicted molar refractivity (Wildman–Crippen MR) is 80.0 cm³/mol. The smallest absolute Gasteiger partial charge is 0.278 e. The van der Waals surface area contributed by atoms with E-state index in [-0.39, 0.29) is 28.9 Å². The Morgan fingerprint density at radius 2 is 2.26 bits per heavy atom. The van der Waals surface area contributed by atoms with Crippen LogP contribution in [0.15, 0.2) is 33.9 Å². The van der Waals surface area contributed by atoms with Gasteiger partial charge in [-0.15, -0.1) is 0 Å². The van der Waals surface area contributed by atoms with E-state index in [1.165, 1.54) is 18.6 Å². The summed E-state index contributed by atoms with van der Waals surface area (Å²) < 4.78 is 4.85. The van der Waals surface area contributed by atoms with Crippen molar-refractivity contribution in [3.8, 4) is 0 Å². The second-order valence-corrected chi connectivity index (χ2v) is 5.56. The summed E-state index contributed by atoms with van der Waals surface area (Å²) in [6, 6.07) is 2.93. The number of aromatic amines is 1. The summed E-state index contributed by atoms with van der Waals surface area (Å²) in [4.78, 5) is 37.2. The van der Waals surface area contributed by atoms with Crippen molar-refractivity contribution in [2.24, 2.45) is 5.92 Å². The van der Waals surface area contributed by atoms with Gasteiger partial charge in [0.2, 0.25) is 5.43 Å². The third-order valence-corrected chi connectivity index (χ3v) is 3.71. The van der Waals surface area contributed by atoms with Gasteiger partial charge in [-0.3, -0.25) is 19.5 Å². The first kappa shape index (κ1) is 15.0. The molecule has 2 N–H and O–H groups in total. The largest absolute Gasteiger partial charge is 0.472 e. The molecule has 2 aromatic heterocycles. The van der Waals surface area contributed by atoms with E-state index in [0.717, 1.165) is 0 Å². The molecule has 0 saturated carbocycles. The lowest BCUT2D eigenvalue weighted by Crippen LogP contribution is -2.54.